The van der Waals surface area contributed by atoms with Crippen LogP contribution in [0.25, 0.3) is 0 Å². The Hall–Kier alpha value is -1.73. The van der Waals surface area contributed by atoms with Crippen LogP contribution < -0.4 is 0 Å². The summed E-state index contributed by atoms with van der Waals surface area (Å²) in [4.78, 5) is 10.4. The van der Waals surface area contributed by atoms with Gasteiger partial charge in [0.2, 0.25) is 0 Å². The first-order valence-electron chi connectivity index (χ1n) is 9.98. The smallest absolute Gasteiger partial charge is 0.303 e. The molecular formula is C22H34O6. The molecule has 1 fully saturated rings. The molecule has 6 heteroatoms. The highest BCUT2D eigenvalue weighted by Gasteiger charge is 2.35. The minimum atomic E-state index is -0.807. The van der Waals surface area contributed by atoms with Crippen molar-refractivity contribution in [3.05, 3.63) is 48.6 Å². The molecule has 0 radical (unpaired) electrons. The highest BCUT2D eigenvalue weighted by molar-refractivity contribution is 5.66. The van der Waals surface area contributed by atoms with Crippen LogP contribution in [-0.4, -0.2) is 56.9 Å². The topological polar surface area (TPSA) is 107 Å². The lowest BCUT2D eigenvalue weighted by molar-refractivity contribution is -0.136. The number of allylic oxidation sites excluding steroid dienone is 4. The third-order valence-electron chi connectivity index (χ3n) is 4.42. The third-order valence-corrected chi connectivity index (χ3v) is 4.42. The zero-order valence-electron chi connectivity index (χ0n) is 16.6. The second-order valence-electron chi connectivity index (χ2n) is 6.92. The van der Waals surface area contributed by atoms with Crippen molar-refractivity contribution in [2.45, 2.75) is 82.4 Å². The summed E-state index contributed by atoms with van der Waals surface area (Å²) in [6.07, 6.45) is 15.2. The number of hydrogen-bond acceptors (Lipinski definition) is 5. The lowest BCUT2D eigenvalue weighted by Crippen LogP contribution is -2.25. The van der Waals surface area contributed by atoms with E-state index in [0.717, 1.165) is 6.42 Å². The first-order valence-corrected chi connectivity index (χ1v) is 9.98. The number of ether oxygens (including phenoxy) is 1. The van der Waals surface area contributed by atoms with Crippen molar-refractivity contribution < 1.29 is 30.0 Å². The maximum atomic E-state index is 10.4. The van der Waals surface area contributed by atoms with Gasteiger partial charge in [0.15, 0.2) is 0 Å². The van der Waals surface area contributed by atoms with Gasteiger partial charge in [0.25, 0.3) is 0 Å². The number of rotatable bonds is 13. The summed E-state index contributed by atoms with van der Waals surface area (Å²) in [6, 6.07) is 0. The lowest BCUT2D eigenvalue weighted by Gasteiger charge is -2.16. The molecule has 4 N–H and O–H groups in total. The summed E-state index contributed by atoms with van der Waals surface area (Å²) < 4.78 is 5.72. The zero-order chi connectivity index (χ0) is 20.8. The fourth-order valence-electron chi connectivity index (χ4n) is 2.84. The maximum absolute atomic E-state index is 10.4. The predicted octanol–water partition coefficient (Wildman–Crippen LogP) is 2.90. The molecule has 0 saturated carbocycles. The Labute approximate surface area is 167 Å². The normalized spacial score (nSPS) is 25.5. The van der Waals surface area contributed by atoms with E-state index in [-0.39, 0.29) is 6.42 Å². The van der Waals surface area contributed by atoms with E-state index in [0.29, 0.717) is 32.1 Å². The van der Waals surface area contributed by atoms with Gasteiger partial charge < -0.3 is 25.2 Å². The van der Waals surface area contributed by atoms with Crippen molar-refractivity contribution in [2.75, 3.05) is 0 Å². The summed E-state index contributed by atoms with van der Waals surface area (Å²) in [5, 5.41) is 38.8. The van der Waals surface area contributed by atoms with Crippen LogP contribution in [0.1, 0.15) is 51.9 Å². The third kappa shape index (κ3) is 10.6. The van der Waals surface area contributed by atoms with Gasteiger partial charge in [-0.1, -0.05) is 55.5 Å². The van der Waals surface area contributed by atoms with E-state index in [1.807, 2.05) is 43.4 Å². The Bertz CT molecular complexity index is 551. The van der Waals surface area contributed by atoms with Crippen molar-refractivity contribution >= 4 is 5.97 Å². The van der Waals surface area contributed by atoms with Crippen LogP contribution in [0, 0.1) is 0 Å². The number of aliphatic hydroxyl groups is 3. The van der Waals surface area contributed by atoms with Gasteiger partial charge in [-0.25, -0.2) is 0 Å². The van der Waals surface area contributed by atoms with Crippen LogP contribution in [0.2, 0.25) is 0 Å². The monoisotopic (exact) mass is 394 g/mol. The number of hydrogen-bond donors (Lipinski definition) is 4. The van der Waals surface area contributed by atoms with Crippen molar-refractivity contribution in [1.82, 2.24) is 0 Å². The highest BCUT2D eigenvalue weighted by atomic mass is 16.5. The molecular weight excluding hydrogens is 360 g/mol. The molecule has 0 aliphatic carbocycles. The van der Waals surface area contributed by atoms with Gasteiger partial charge in [0.05, 0.1) is 24.4 Å². The SMILES string of the molecule is CC/C=C\C[C@H](O)/C=C/[C@@H]1O[C@@H]([C@H](O)C/C=C\C/C=C\CCC(=O)O)C[C@H]1O. The number of aliphatic carboxylic acids is 1. The van der Waals surface area contributed by atoms with Gasteiger partial charge in [-0.2, -0.15) is 0 Å². The first kappa shape index (κ1) is 24.3. The maximum Gasteiger partial charge on any atom is 0.303 e. The first-order chi connectivity index (χ1) is 13.4. The summed E-state index contributed by atoms with van der Waals surface area (Å²) >= 11 is 0. The molecule has 28 heavy (non-hydrogen) atoms. The molecule has 5 atom stereocenters. The molecule has 1 rings (SSSR count). The summed E-state index contributed by atoms with van der Waals surface area (Å²) in [5.41, 5.74) is 0. The van der Waals surface area contributed by atoms with E-state index in [1.165, 1.54) is 0 Å². The van der Waals surface area contributed by atoms with Crippen molar-refractivity contribution in [2.24, 2.45) is 0 Å². The van der Waals surface area contributed by atoms with E-state index in [4.69, 9.17) is 9.84 Å². The molecule has 158 valence electrons. The molecule has 1 aliphatic heterocycles. The molecule has 1 aliphatic rings. The molecule has 0 aromatic heterocycles. The molecule has 0 amide bonds. The molecule has 1 saturated heterocycles. The van der Waals surface area contributed by atoms with Gasteiger partial charge in [-0.15, -0.1) is 0 Å². The van der Waals surface area contributed by atoms with Gasteiger partial charge in [-0.3, -0.25) is 4.79 Å². The van der Waals surface area contributed by atoms with Crippen LogP contribution in [0.5, 0.6) is 0 Å². The van der Waals surface area contributed by atoms with Crippen molar-refractivity contribution in [3.8, 4) is 0 Å². The van der Waals surface area contributed by atoms with E-state index < -0.39 is 36.5 Å². The van der Waals surface area contributed by atoms with Crippen LogP contribution in [0.15, 0.2) is 48.6 Å². The second kappa shape index (κ2) is 14.3. The Balaban J connectivity index is 2.31. The summed E-state index contributed by atoms with van der Waals surface area (Å²) in [5.74, 6) is -0.807. The standard InChI is InChI=1S/C22H34O6/c1-2-3-8-11-17(23)14-15-20-19(25)16-21(28-20)18(24)12-9-6-4-5-7-10-13-22(26)27/h3,5-9,14-15,17-21,23-25H,2,4,10-13,16H2,1H3,(H,26,27)/b7-5-,8-3-,9-6-,15-14+/t17-,18+,19+,20-,21+/m0/s1. The van der Waals surface area contributed by atoms with Crippen LogP contribution in [0.4, 0.5) is 0 Å². The lowest BCUT2D eigenvalue weighted by atomic mass is 10.0. The zero-order valence-corrected chi connectivity index (χ0v) is 16.6. The van der Waals surface area contributed by atoms with E-state index in [9.17, 15) is 20.1 Å². The Morgan fingerprint density at radius 2 is 1.82 bits per heavy atom. The molecule has 0 aromatic rings. The van der Waals surface area contributed by atoms with Crippen molar-refractivity contribution in [3.63, 3.8) is 0 Å². The molecule has 6 nitrogen and oxygen atoms in total. The van der Waals surface area contributed by atoms with E-state index in [2.05, 4.69) is 0 Å². The summed E-state index contributed by atoms with van der Waals surface area (Å²) in [6.45, 7) is 2.03. The number of carbonyl (C=O) groups is 1. The average molecular weight is 395 g/mol. The summed E-state index contributed by atoms with van der Waals surface area (Å²) in [7, 11) is 0. The fourth-order valence-corrected chi connectivity index (χ4v) is 2.84. The highest BCUT2D eigenvalue weighted by Crippen LogP contribution is 2.25. The Morgan fingerprint density at radius 1 is 1.11 bits per heavy atom. The Kier molecular flexibility index (Phi) is 12.4. The fraction of sp³-hybridized carbons (Fsp3) is 0.591. The number of aliphatic hydroxyl groups excluding tert-OH is 3. The van der Waals surface area contributed by atoms with Crippen LogP contribution in [0.3, 0.4) is 0 Å². The largest absolute Gasteiger partial charge is 0.481 e. The van der Waals surface area contributed by atoms with Gasteiger partial charge >= 0.3 is 5.97 Å². The van der Waals surface area contributed by atoms with Crippen LogP contribution >= 0.6 is 0 Å². The molecule has 1 heterocycles. The molecule has 0 bridgehead atoms. The van der Waals surface area contributed by atoms with E-state index in [1.54, 1.807) is 12.2 Å². The van der Waals surface area contributed by atoms with E-state index >= 15 is 0 Å². The molecule has 0 spiro atoms. The second-order valence-corrected chi connectivity index (χ2v) is 6.92. The minimum Gasteiger partial charge on any atom is -0.481 e. The average Bonchev–Trinajstić information content (AvgIpc) is 3.03. The molecule has 0 unspecified atom stereocenters. The molecule has 0 aromatic carbocycles. The van der Waals surface area contributed by atoms with Crippen LogP contribution in [-0.2, 0) is 9.53 Å². The quantitative estimate of drug-likeness (QED) is 0.358. The predicted molar refractivity (Wildman–Crippen MR) is 109 cm³/mol. The minimum absolute atomic E-state index is 0.127. The van der Waals surface area contributed by atoms with Crippen molar-refractivity contribution in [1.29, 1.82) is 0 Å². The Morgan fingerprint density at radius 3 is 2.54 bits per heavy atom. The number of carboxylic acid groups (broad SMARTS) is 1. The van der Waals surface area contributed by atoms with Gasteiger partial charge in [0, 0.05) is 12.8 Å². The van der Waals surface area contributed by atoms with Gasteiger partial charge in [-0.05, 0) is 32.1 Å². The van der Waals surface area contributed by atoms with Gasteiger partial charge in [0.1, 0.15) is 6.10 Å². The number of carboxylic acids is 1.